The van der Waals surface area contributed by atoms with Crippen LogP contribution in [0.1, 0.15) is 24.5 Å². The van der Waals surface area contributed by atoms with Crippen LogP contribution in [0.2, 0.25) is 0 Å². The average Bonchev–Trinajstić information content (AvgIpc) is 3.08. The van der Waals surface area contributed by atoms with Crippen molar-refractivity contribution in [3.63, 3.8) is 0 Å². The Balaban J connectivity index is 1.65. The van der Waals surface area contributed by atoms with Gasteiger partial charge >= 0.3 is 0 Å². The highest BCUT2D eigenvalue weighted by Gasteiger charge is 2.52. The van der Waals surface area contributed by atoms with Crippen molar-refractivity contribution in [2.75, 3.05) is 16.4 Å². The summed E-state index contributed by atoms with van der Waals surface area (Å²) >= 11 is 0. The van der Waals surface area contributed by atoms with Gasteiger partial charge in [-0.3, -0.25) is 14.5 Å². The third-order valence-corrected chi connectivity index (χ3v) is 6.23. The van der Waals surface area contributed by atoms with Crippen LogP contribution in [0.15, 0.2) is 91.0 Å². The Bertz CT molecular complexity index is 1190. The van der Waals surface area contributed by atoms with Crippen LogP contribution in [0, 0.1) is 5.92 Å². The summed E-state index contributed by atoms with van der Waals surface area (Å²) in [6, 6.07) is 24.1. The number of benzene rings is 3. The number of carbonyl (C=O) groups excluding carboxylic acids is 2. The molecule has 174 valence electrons. The number of hydrogen-bond acceptors (Lipinski definition) is 4. The maximum absolute atomic E-state index is 13.6. The summed E-state index contributed by atoms with van der Waals surface area (Å²) in [5, 5.41) is 20.7. The van der Waals surface area contributed by atoms with E-state index in [9.17, 15) is 14.7 Å². The van der Waals surface area contributed by atoms with Gasteiger partial charge in [-0.1, -0.05) is 67.6 Å². The molecule has 2 atom stereocenters. The number of rotatable bonds is 9. The number of fused-ring (bicyclic) bond motifs is 1. The molecule has 0 unspecified atom stereocenters. The molecule has 6 nitrogen and oxygen atoms in total. The molecule has 0 bridgehead atoms. The Morgan fingerprint density at radius 2 is 1.71 bits per heavy atom. The van der Waals surface area contributed by atoms with E-state index in [1.807, 2.05) is 72.8 Å². The molecule has 0 spiro atoms. The molecule has 1 heterocycles. The third kappa shape index (κ3) is 4.25. The quantitative estimate of drug-likeness (QED) is 0.372. The number of anilines is 3. The number of carbonyl (C=O) groups is 2. The molecule has 0 radical (unpaired) electrons. The first-order valence-corrected chi connectivity index (χ1v) is 11.3. The highest BCUT2D eigenvalue weighted by Crippen LogP contribution is 2.45. The van der Waals surface area contributed by atoms with Crippen LogP contribution >= 0.6 is 0 Å². The SMILES string of the molecule is C[C@@H](/C=C/CCO)[C@]1(O)C(=O)N(Cc2cccc(N(C=O)c3ccccc3)c2)c2ccccc21. The van der Waals surface area contributed by atoms with Gasteiger partial charge in [0.05, 0.1) is 12.2 Å². The van der Waals surface area contributed by atoms with Crippen LogP contribution in [-0.2, 0) is 21.7 Å². The van der Waals surface area contributed by atoms with E-state index in [0.717, 1.165) is 17.7 Å². The smallest absolute Gasteiger partial charge is 0.264 e. The van der Waals surface area contributed by atoms with Gasteiger partial charge in [0.15, 0.2) is 5.60 Å². The molecule has 4 rings (SSSR count). The number of nitrogens with zero attached hydrogens (tertiary/aromatic N) is 2. The predicted octanol–water partition coefficient (Wildman–Crippen LogP) is 4.29. The summed E-state index contributed by atoms with van der Waals surface area (Å²) in [5.74, 6) is -0.872. The number of amides is 2. The number of aliphatic hydroxyl groups excluding tert-OH is 1. The van der Waals surface area contributed by atoms with E-state index in [0.29, 0.717) is 23.4 Å². The van der Waals surface area contributed by atoms with E-state index in [1.54, 1.807) is 34.9 Å². The predicted molar refractivity (Wildman–Crippen MR) is 133 cm³/mol. The van der Waals surface area contributed by atoms with Crippen molar-refractivity contribution in [3.8, 4) is 0 Å². The largest absolute Gasteiger partial charge is 0.396 e. The molecule has 1 aliphatic heterocycles. The normalized spacial score (nSPS) is 18.2. The van der Waals surface area contributed by atoms with Gasteiger partial charge in [-0.15, -0.1) is 0 Å². The summed E-state index contributed by atoms with van der Waals surface area (Å²) < 4.78 is 0. The Labute approximate surface area is 199 Å². The minimum atomic E-state index is -1.70. The van der Waals surface area contributed by atoms with Gasteiger partial charge in [0.25, 0.3) is 5.91 Å². The Morgan fingerprint density at radius 3 is 2.44 bits per heavy atom. The molecule has 0 saturated carbocycles. The van der Waals surface area contributed by atoms with E-state index in [2.05, 4.69) is 0 Å². The van der Waals surface area contributed by atoms with Gasteiger partial charge in [-0.2, -0.15) is 0 Å². The maximum atomic E-state index is 13.6. The second-order valence-electron chi connectivity index (χ2n) is 8.38. The second-order valence-corrected chi connectivity index (χ2v) is 8.38. The van der Waals surface area contributed by atoms with Crippen LogP contribution in [-0.4, -0.2) is 29.1 Å². The molecule has 2 amide bonds. The van der Waals surface area contributed by atoms with Gasteiger partial charge in [0.2, 0.25) is 6.41 Å². The lowest BCUT2D eigenvalue weighted by molar-refractivity contribution is -0.139. The van der Waals surface area contributed by atoms with Crippen LogP contribution in [0.25, 0.3) is 0 Å². The molecule has 6 heteroatoms. The van der Waals surface area contributed by atoms with Gasteiger partial charge in [-0.25, -0.2) is 0 Å². The summed E-state index contributed by atoms with van der Waals surface area (Å²) in [6.45, 7) is 2.06. The summed E-state index contributed by atoms with van der Waals surface area (Å²) in [4.78, 5) is 28.6. The molecule has 1 aliphatic rings. The minimum absolute atomic E-state index is 0.00936. The topological polar surface area (TPSA) is 81.1 Å². The zero-order valence-corrected chi connectivity index (χ0v) is 19.0. The summed E-state index contributed by atoms with van der Waals surface area (Å²) in [6.07, 6.45) is 4.78. The minimum Gasteiger partial charge on any atom is -0.396 e. The van der Waals surface area contributed by atoms with Gasteiger partial charge < -0.3 is 15.1 Å². The molecule has 3 aromatic carbocycles. The van der Waals surface area contributed by atoms with Crippen molar-refractivity contribution in [1.82, 2.24) is 0 Å². The molecule has 0 aliphatic carbocycles. The van der Waals surface area contributed by atoms with Crippen LogP contribution in [0.4, 0.5) is 17.1 Å². The lowest BCUT2D eigenvalue weighted by atomic mass is 9.83. The zero-order chi connectivity index (χ0) is 24.1. The number of aliphatic hydroxyl groups is 2. The average molecular weight is 457 g/mol. The molecule has 0 aromatic heterocycles. The fourth-order valence-electron chi connectivity index (χ4n) is 4.42. The zero-order valence-electron chi connectivity index (χ0n) is 19.0. The molecule has 0 fully saturated rings. The third-order valence-electron chi connectivity index (χ3n) is 6.23. The van der Waals surface area contributed by atoms with Gasteiger partial charge in [0, 0.05) is 29.5 Å². The van der Waals surface area contributed by atoms with Crippen molar-refractivity contribution < 1.29 is 19.8 Å². The molecular formula is C28H28N2O4. The Kier molecular flexibility index (Phi) is 6.91. The van der Waals surface area contributed by atoms with Gasteiger partial charge in [0.1, 0.15) is 0 Å². The van der Waals surface area contributed by atoms with Crippen molar-refractivity contribution in [2.45, 2.75) is 25.5 Å². The van der Waals surface area contributed by atoms with Crippen molar-refractivity contribution in [3.05, 3.63) is 102 Å². The Morgan fingerprint density at radius 1 is 1.00 bits per heavy atom. The number of para-hydroxylation sites is 2. The van der Waals surface area contributed by atoms with Crippen molar-refractivity contribution in [2.24, 2.45) is 5.92 Å². The second kappa shape index (κ2) is 10.0. The van der Waals surface area contributed by atoms with E-state index in [-0.39, 0.29) is 13.2 Å². The van der Waals surface area contributed by atoms with Crippen molar-refractivity contribution in [1.29, 1.82) is 0 Å². The first kappa shape index (κ1) is 23.4. The lowest BCUT2D eigenvalue weighted by Crippen LogP contribution is -2.44. The lowest BCUT2D eigenvalue weighted by Gasteiger charge is -2.28. The maximum Gasteiger partial charge on any atom is 0.264 e. The van der Waals surface area contributed by atoms with Crippen LogP contribution in [0.3, 0.4) is 0 Å². The highest BCUT2D eigenvalue weighted by molar-refractivity contribution is 6.07. The summed E-state index contributed by atoms with van der Waals surface area (Å²) in [7, 11) is 0. The molecular weight excluding hydrogens is 428 g/mol. The van der Waals surface area contributed by atoms with E-state index >= 15 is 0 Å². The molecule has 0 saturated heterocycles. The van der Waals surface area contributed by atoms with E-state index < -0.39 is 17.4 Å². The van der Waals surface area contributed by atoms with E-state index in [4.69, 9.17) is 5.11 Å². The molecule has 2 N–H and O–H groups in total. The molecule has 3 aromatic rings. The summed E-state index contributed by atoms with van der Waals surface area (Å²) in [5.41, 5.74) is 1.80. The fourth-order valence-corrected chi connectivity index (χ4v) is 4.42. The highest BCUT2D eigenvalue weighted by atomic mass is 16.3. The first-order valence-electron chi connectivity index (χ1n) is 11.3. The van der Waals surface area contributed by atoms with Crippen LogP contribution in [0.5, 0.6) is 0 Å². The Hall–Kier alpha value is -3.74. The van der Waals surface area contributed by atoms with Crippen LogP contribution < -0.4 is 9.80 Å². The van der Waals surface area contributed by atoms with Gasteiger partial charge in [-0.05, 0) is 42.3 Å². The monoisotopic (exact) mass is 456 g/mol. The molecule has 34 heavy (non-hydrogen) atoms. The fraction of sp³-hybridized carbons (Fsp3) is 0.214. The number of hydrogen-bond donors (Lipinski definition) is 2. The van der Waals surface area contributed by atoms with Crippen molar-refractivity contribution >= 4 is 29.4 Å². The standard InChI is InChI=1S/C28H28N2O4/c1-21(10-7-8-17-31)28(34)25-15-5-6-16-26(25)29(27(28)33)19-22-11-9-14-24(18-22)30(20-32)23-12-3-2-4-13-23/h2-7,9-16,18,20-21,31,34H,8,17,19H2,1H3/b10-7+/t21-,28+/m0/s1. The first-order chi connectivity index (χ1) is 16.5. The van der Waals surface area contributed by atoms with E-state index in [1.165, 1.54) is 0 Å².